The first-order chi connectivity index (χ1) is 22.1. The summed E-state index contributed by atoms with van der Waals surface area (Å²) < 4.78 is 42.5. The maximum absolute atomic E-state index is 14.9. The summed E-state index contributed by atoms with van der Waals surface area (Å²) in [5, 5.41) is 4.37. The van der Waals surface area contributed by atoms with Gasteiger partial charge in [0.15, 0.2) is 14.3 Å². The fourth-order valence-electron chi connectivity index (χ4n) is 5.51. The first-order valence-electron chi connectivity index (χ1n) is 15.0. The maximum Gasteiger partial charge on any atom is 0.174 e. The van der Waals surface area contributed by atoms with Gasteiger partial charge in [0.1, 0.15) is 11.5 Å². The van der Waals surface area contributed by atoms with Crippen LogP contribution < -0.4 is 41.3 Å². The van der Waals surface area contributed by atoms with E-state index in [2.05, 4.69) is 0 Å². The lowest BCUT2D eigenvalue weighted by Gasteiger charge is -2.23. The summed E-state index contributed by atoms with van der Waals surface area (Å²) in [6.07, 6.45) is 0.574. The van der Waals surface area contributed by atoms with Crippen LogP contribution in [0.1, 0.15) is 6.42 Å². The molecule has 0 N–H and O–H groups in total. The van der Waals surface area contributed by atoms with Gasteiger partial charge >= 0.3 is 0 Å². The monoisotopic (exact) mass is 628 g/mol. The Morgan fingerprint density at radius 2 is 0.622 bits per heavy atom. The molecule has 0 heterocycles. The average molecular weight is 629 g/mol. The summed E-state index contributed by atoms with van der Waals surface area (Å²) in [5.41, 5.74) is 0. The predicted octanol–water partition coefficient (Wildman–Crippen LogP) is 6.81. The molecule has 0 saturated heterocycles. The lowest BCUT2D eigenvalue weighted by molar-refractivity contribution is 0.249. The van der Waals surface area contributed by atoms with Crippen molar-refractivity contribution in [2.45, 2.75) is 6.42 Å². The molecule has 0 radical (unpaired) electrons. The largest absolute Gasteiger partial charge is 0.493 e. The van der Waals surface area contributed by atoms with Crippen molar-refractivity contribution < 1.29 is 18.6 Å². The number of hydrogen-bond donors (Lipinski definition) is 0. The van der Waals surface area contributed by atoms with Gasteiger partial charge in [-0.15, -0.1) is 0 Å². The number of rotatable bonds is 12. The molecule has 0 unspecified atom stereocenters. The third-order valence-corrected chi connectivity index (χ3v) is 13.9. The fourth-order valence-corrected chi connectivity index (χ4v) is 11.1. The average Bonchev–Trinajstić information content (AvgIpc) is 3.12. The molecule has 6 rings (SSSR count). The van der Waals surface area contributed by atoms with E-state index in [1.54, 1.807) is 0 Å². The lowest BCUT2D eigenvalue weighted by atomic mass is 10.3. The van der Waals surface area contributed by atoms with E-state index in [1.165, 1.54) is 0 Å². The van der Waals surface area contributed by atoms with Crippen LogP contribution in [-0.4, -0.2) is 13.2 Å². The highest BCUT2D eigenvalue weighted by Crippen LogP contribution is 2.46. The number of benzene rings is 6. The summed E-state index contributed by atoms with van der Waals surface area (Å²) in [7, 11) is -6.38. The van der Waals surface area contributed by atoms with Crippen LogP contribution in [0.4, 0.5) is 0 Å². The van der Waals surface area contributed by atoms with Gasteiger partial charge in [0, 0.05) is 27.6 Å². The predicted molar refractivity (Wildman–Crippen MR) is 187 cm³/mol. The number of para-hydroxylation sites is 2. The molecule has 45 heavy (non-hydrogen) atoms. The van der Waals surface area contributed by atoms with E-state index < -0.39 is 14.3 Å². The first-order valence-corrected chi connectivity index (χ1v) is 18.4. The minimum Gasteiger partial charge on any atom is -0.493 e. The van der Waals surface area contributed by atoms with Crippen molar-refractivity contribution in [1.29, 1.82) is 0 Å². The normalized spacial score (nSPS) is 11.6. The van der Waals surface area contributed by atoms with Crippen molar-refractivity contribution in [3.8, 4) is 11.5 Å². The molecule has 4 nitrogen and oxygen atoms in total. The highest BCUT2D eigenvalue weighted by atomic mass is 31.2. The van der Waals surface area contributed by atoms with Gasteiger partial charge in [0.25, 0.3) is 0 Å². The molecule has 0 aromatic heterocycles. The summed E-state index contributed by atoms with van der Waals surface area (Å²) >= 11 is 0. The third-order valence-electron chi connectivity index (χ3n) is 7.69. The first kappa shape index (κ1) is 30.4. The van der Waals surface area contributed by atoms with E-state index in [1.807, 2.05) is 170 Å². The van der Waals surface area contributed by atoms with E-state index in [9.17, 15) is 9.13 Å². The van der Waals surface area contributed by atoms with Gasteiger partial charge in [0.05, 0.1) is 23.8 Å². The Hall–Kier alpha value is -4.62. The zero-order valence-electron chi connectivity index (χ0n) is 24.8. The Labute approximate surface area is 265 Å². The van der Waals surface area contributed by atoms with Gasteiger partial charge in [-0.05, 0) is 24.3 Å². The zero-order chi connectivity index (χ0) is 31.0. The molecule has 6 aromatic rings. The van der Waals surface area contributed by atoms with Gasteiger partial charge in [0.2, 0.25) is 0 Å². The zero-order valence-corrected chi connectivity index (χ0v) is 26.6. The van der Waals surface area contributed by atoms with Crippen LogP contribution in [0.5, 0.6) is 11.5 Å². The summed E-state index contributed by atoms with van der Waals surface area (Å²) in [5.74, 6) is 1.18. The molecule has 6 heteroatoms. The van der Waals surface area contributed by atoms with Crippen molar-refractivity contribution in [2.75, 3.05) is 13.2 Å². The van der Waals surface area contributed by atoms with E-state index in [-0.39, 0.29) is 0 Å². The highest BCUT2D eigenvalue weighted by molar-refractivity contribution is 7.86. The highest BCUT2D eigenvalue weighted by Gasteiger charge is 2.33. The van der Waals surface area contributed by atoms with E-state index >= 15 is 0 Å². The Morgan fingerprint density at radius 1 is 0.356 bits per heavy atom. The molecule has 6 aromatic carbocycles. The Bertz CT molecular complexity index is 1700. The standard InChI is InChI=1S/C39H34O4P2/c40-44(32-18-5-1-6-19-32,33-20-7-2-8-21-33)38-28-15-13-26-36(38)42-30-17-31-43-37-27-14-16-29-39(37)45(41,34-22-9-3-10-23-34)35-24-11-4-12-25-35/h1-16,18-29H,17,30-31H2. The topological polar surface area (TPSA) is 52.6 Å². The molecule has 0 aliphatic carbocycles. The lowest BCUT2D eigenvalue weighted by Crippen LogP contribution is -2.27. The fraction of sp³-hybridized carbons (Fsp3) is 0.0769. The molecule has 0 fully saturated rings. The smallest absolute Gasteiger partial charge is 0.174 e. The van der Waals surface area contributed by atoms with Crippen molar-refractivity contribution >= 4 is 46.1 Å². The van der Waals surface area contributed by atoms with Crippen LogP contribution in [-0.2, 0) is 9.13 Å². The van der Waals surface area contributed by atoms with Crippen molar-refractivity contribution in [2.24, 2.45) is 0 Å². The van der Waals surface area contributed by atoms with Crippen LogP contribution >= 0.6 is 14.3 Å². The molecule has 0 bridgehead atoms. The Balaban J connectivity index is 1.21. The SMILES string of the molecule is O=P(c1ccccc1)(c1ccccc1)c1ccccc1OCCCOc1ccccc1P(=O)(c1ccccc1)c1ccccc1. The summed E-state index contributed by atoms with van der Waals surface area (Å²) in [4.78, 5) is 0. The second-order valence-electron chi connectivity index (χ2n) is 10.5. The van der Waals surface area contributed by atoms with Crippen LogP contribution in [0, 0.1) is 0 Å². The van der Waals surface area contributed by atoms with Crippen LogP contribution in [0.3, 0.4) is 0 Å². The van der Waals surface area contributed by atoms with Gasteiger partial charge in [-0.25, -0.2) is 0 Å². The van der Waals surface area contributed by atoms with Gasteiger partial charge in [-0.2, -0.15) is 0 Å². The van der Waals surface area contributed by atoms with Crippen LogP contribution in [0.25, 0.3) is 0 Å². The van der Waals surface area contributed by atoms with Gasteiger partial charge in [-0.1, -0.05) is 146 Å². The molecule has 0 aliphatic rings. The van der Waals surface area contributed by atoms with E-state index in [4.69, 9.17) is 9.47 Å². The molecule has 0 atom stereocenters. The van der Waals surface area contributed by atoms with Gasteiger partial charge in [-0.3, -0.25) is 0 Å². The molecule has 0 aliphatic heterocycles. The van der Waals surface area contributed by atoms with E-state index in [0.29, 0.717) is 41.7 Å². The van der Waals surface area contributed by atoms with Crippen LogP contribution in [0.15, 0.2) is 170 Å². The van der Waals surface area contributed by atoms with E-state index in [0.717, 1.165) is 21.2 Å². The third kappa shape index (κ3) is 6.31. The molecule has 0 saturated carbocycles. The van der Waals surface area contributed by atoms with Crippen molar-refractivity contribution in [3.63, 3.8) is 0 Å². The summed E-state index contributed by atoms with van der Waals surface area (Å²) in [6.45, 7) is 0.718. The van der Waals surface area contributed by atoms with Crippen LogP contribution in [0.2, 0.25) is 0 Å². The molecular formula is C39H34O4P2. The molecule has 224 valence electrons. The summed E-state index contributed by atoms with van der Waals surface area (Å²) in [6, 6.07) is 53.5. The second kappa shape index (κ2) is 14.0. The Kier molecular flexibility index (Phi) is 9.46. The molecular weight excluding hydrogens is 594 g/mol. The quantitative estimate of drug-likeness (QED) is 0.110. The number of ether oxygens (including phenoxy) is 2. The van der Waals surface area contributed by atoms with Crippen molar-refractivity contribution in [1.82, 2.24) is 0 Å². The minimum absolute atomic E-state index is 0.359. The second-order valence-corrected chi connectivity index (χ2v) is 16.0. The molecule has 0 spiro atoms. The van der Waals surface area contributed by atoms with Crippen molar-refractivity contribution in [3.05, 3.63) is 170 Å². The number of hydrogen-bond acceptors (Lipinski definition) is 4. The maximum atomic E-state index is 14.9. The Morgan fingerprint density at radius 3 is 0.933 bits per heavy atom. The molecule has 0 amide bonds. The van der Waals surface area contributed by atoms with Gasteiger partial charge < -0.3 is 18.6 Å². The minimum atomic E-state index is -3.19.